The molecule has 0 fully saturated rings. The van der Waals surface area contributed by atoms with Crippen molar-refractivity contribution < 1.29 is 13.2 Å². The van der Waals surface area contributed by atoms with Gasteiger partial charge in [-0.15, -0.1) is 0 Å². The molecule has 3 N–H and O–H groups in total. The van der Waals surface area contributed by atoms with E-state index in [1.165, 1.54) is 6.07 Å². The average Bonchev–Trinajstić information content (AvgIpc) is 2.26. The zero-order valence-corrected chi connectivity index (χ0v) is 10.6. The molecule has 1 rings (SSSR count). The molecule has 0 aliphatic rings. The van der Waals surface area contributed by atoms with Crippen molar-refractivity contribution in [2.75, 3.05) is 11.9 Å². The summed E-state index contributed by atoms with van der Waals surface area (Å²) in [5, 5.41) is 3.05. The van der Waals surface area contributed by atoms with Crippen molar-refractivity contribution in [3.05, 3.63) is 29.8 Å². The SMILES string of the molecule is CC(C)CC(CN)Nc1cccc(C(F)(F)F)c1. The molecule has 0 bridgehead atoms. The first-order valence-electron chi connectivity index (χ1n) is 5.96. The number of hydrogen-bond acceptors (Lipinski definition) is 2. The fraction of sp³-hybridized carbons (Fsp3) is 0.538. The predicted octanol–water partition coefficient (Wildman–Crippen LogP) is 3.49. The largest absolute Gasteiger partial charge is 0.416 e. The first kappa shape index (κ1) is 14.8. The van der Waals surface area contributed by atoms with E-state index < -0.39 is 11.7 Å². The molecule has 0 amide bonds. The van der Waals surface area contributed by atoms with Gasteiger partial charge in [-0.2, -0.15) is 13.2 Å². The van der Waals surface area contributed by atoms with Crippen LogP contribution in [0.3, 0.4) is 0 Å². The Morgan fingerprint density at radius 3 is 2.44 bits per heavy atom. The smallest absolute Gasteiger partial charge is 0.381 e. The summed E-state index contributed by atoms with van der Waals surface area (Å²) in [7, 11) is 0. The second-order valence-electron chi connectivity index (χ2n) is 4.79. The van der Waals surface area contributed by atoms with Gasteiger partial charge in [-0.3, -0.25) is 0 Å². The van der Waals surface area contributed by atoms with Crippen LogP contribution < -0.4 is 11.1 Å². The number of rotatable bonds is 5. The Morgan fingerprint density at radius 2 is 1.94 bits per heavy atom. The van der Waals surface area contributed by atoms with Gasteiger partial charge in [-0.05, 0) is 30.5 Å². The van der Waals surface area contributed by atoms with E-state index in [2.05, 4.69) is 19.2 Å². The van der Waals surface area contributed by atoms with Gasteiger partial charge in [0.2, 0.25) is 0 Å². The fourth-order valence-corrected chi connectivity index (χ4v) is 1.80. The molecule has 1 unspecified atom stereocenters. The molecule has 0 spiro atoms. The normalized spacial score (nSPS) is 13.7. The van der Waals surface area contributed by atoms with E-state index in [1.54, 1.807) is 6.07 Å². The summed E-state index contributed by atoms with van der Waals surface area (Å²) in [5.74, 6) is 0.442. The number of alkyl halides is 3. The highest BCUT2D eigenvalue weighted by molar-refractivity contribution is 5.47. The van der Waals surface area contributed by atoms with Crippen LogP contribution in [-0.4, -0.2) is 12.6 Å². The van der Waals surface area contributed by atoms with Crippen molar-refractivity contribution >= 4 is 5.69 Å². The van der Waals surface area contributed by atoms with Gasteiger partial charge < -0.3 is 11.1 Å². The predicted molar refractivity (Wildman–Crippen MR) is 67.4 cm³/mol. The highest BCUT2D eigenvalue weighted by Gasteiger charge is 2.30. The van der Waals surface area contributed by atoms with E-state index in [0.717, 1.165) is 18.6 Å². The van der Waals surface area contributed by atoms with Crippen LogP contribution in [-0.2, 0) is 6.18 Å². The third-order valence-electron chi connectivity index (χ3n) is 2.60. The van der Waals surface area contributed by atoms with Gasteiger partial charge in [0.25, 0.3) is 0 Å². The molecular weight excluding hydrogens is 241 g/mol. The first-order chi connectivity index (χ1) is 8.32. The molecule has 18 heavy (non-hydrogen) atoms. The highest BCUT2D eigenvalue weighted by Crippen LogP contribution is 2.30. The van der Waals surface area contributed by atoms with E-state index in [-0.39, 0.29) is 6.04 Å². The summed E-state index contributed by atoms with van der Waals surface area (Å²) in [6.45, 7) is 4.50. The minimum atomic E-state index is -4.31. The average molecular weight is 260 g/mol. The van der Waals surface area contributed by atoms with Crippen molar-refractivity contribution in [1.29, 1.82) is 0 Å². The molecule has 0 aliphatic heterocycles. The van der Waals surface area contributed by atoms with Crippen LogP contribution in [0.2, 0.25) is 0 Å². The van der Waals surface area contributed by atoms with Gasteiger partial charge >= 0.3 is 6.18 Å². The van der Waals surface area contributed by atoms with Crippen molar-refractivity contribution in [1.82, 2.24) is 0 Å². The second kappa shape index (κ2) is 6.09. The van der Waals surface area contributed by atoms with Crippen LogP contribution in [0.15, 0.2) is 24.3 Å². The minimum Gasteiger partial charge on any atom is -0.381 e. The molecular formula is C13H19F3N2. The van der Waals surface area contributed by atoms with Crippen LogP contribution in [0, 0.1) is 5.92 Å². The van der Waals surface area contributed by atoms with E-state index in [9.17, 15) is 13.2 Å². The molecule has 0 aromatic heterocycles. The Morgan fingerprint density at radius 1 is 1.28 bits per heavy atom. The maximum atomic E-state index is 12.5. The van der Waals surface area contributed by atoms with Gasteiger partial charge in [0.15, 0.2) is 0 Å². The Bertz CT molecular complexity index is 375. The monoisotopic (exact) mass is 260 g/mol. The van der Waals surface area contributed by atoms with E-state index in [4.69, 9.17) is 5.73 Å². The van der Waals surface area contributed by atoms with E-state index in [1.807, 2.05) is 0 Å². The number of anilines is 1. The molecule has 0 radical (unpaired) electrons. The van der Waals surface area contributed by atoms with Crippen LogP contribution in [0.4, 0.5) is 18.9 Å². The number of hydrogen-bond donors (Lipinski definition) is 2. The van der Waals surface area contributed by atoms with E-state index >= 15 is 0 Å². The lowest BCUT2D eigenvalue weighted by Gasteiger charge is -2.20. The van der Waals surface area contributed by atoms with Crippen LogP contribution in [0.25, 0.3) is 0 Å². The van der Waals surface area contributed by atoms with Crippen LogP contribution in [0.1, 0.15) is 25.8 Å². The Labute approximate surface area is 105 Å². The van der Waals surface area contributed by atoms with Crippen LogP contribution >= 0.6 is 0 Å². The van der Waals surface area contributed by atoms with Crippen molar-refractivity contribution in [2.45, 2.75) is 32.5 Å². The summed E-state index contributed by atoms with van der Waals surface area (Å²) >= 11 is 0. The molecule has 1 aromatic rings. The maximum Gasteiger partial charge on any atom is 0.416 e. The number of halogens is 3. The van der Waals surface area contributed by atoms with Gasteiger partial charge in [-0.1, -0.05) is 19.9 Å². The lowest BCUT2D eigenvalue weighted by atomic mass is 10.0. The van der Waals surface area contributed by atoms with Gasteiger partial charge in [0.1, 0.15) is 0 Å². The molecule has 2 nitrogen and oxygen atoms in total. The molecule has 0 aliphatic carbocycles. The fourth-order valence-electron chi connectivity index (χ4n) is 1.80. The summed E-state index contributed by atoms with van der Waals surface area (Å²) < 4.78 is 37.6. The first-order valence-corrected chi connectivity index (χ1v) is 5.96. The number of nitrogens with one attached hydrogen (secondary N) is 1. The summed E-state index contributed by atoms with van der Waals surface area (Å²) in [5.41, 5.74) is 5.42. The summed E-state index contributed by atoms with van der Waals surface area (Å²) in [4.78, 5) is 0. The van der Waals surface area contributed by atoms with Crippen molar-refractivity contribution in [3.63, 3.8) is 0 Å². The standard InChI is InChI=1S/C13H19F3N2/c1-9(2)6-12(8-17)18-11-5-3-4-10(7-11)13(14,15)16/h3-5,7,9,12,18H,6,8,17H2,1-2H3. The van der Waals surface area contributed by atoms with Gasteiger partial charge in [0.05, 0.1) is 5.56 Å². The lowest BCUT2D eigenvalue weighted by Crippen LogP contribution is -2.30. The molecule has 1 atom stereocenters. The zero-order valence-electron chi connectivity index (χ0n) is 10.6. The lowest BCUT2D eigenvalue weighted by molar-refractivity contribution is -0.137. The van der Waals surface area contributed by atoms with E-state index in [0.29, 0.717) is 18.2 Å². The zero-order chi connectivity index (χ0) is 13.8. The highest BCUT2D eigenvalue weighted by atomic mass is 19.4. The molecule has 0 heterocycles. The third-order valence-corrected chi connectivity index (χ3v) is 2.60. The van der Waals surface area contributed by atoms with Crippen molar-refractivity contribution in [3.8, 4) is 0 Å². The molecule has 5 heteroatoms. The molecule has 0 saturated heterocycles. The summed E-state index contributed by atoms with van der Waals surface area (Å²) in [6.07, 6.45) is -3.49. The Hall–Kier alpha value is -1.23. The molecule has 0 saturated carbocycles. The Kier molecular flexibility index (Phi) is 5.02. The maximum absolute atomic E-state index is 12.5. The van der Waals surface area contributed by atoms with Gasteiger partial charge in [0, 0.05) is 18.3 Å². The third kappa shape index (κ3) is 4.56. The Balaban J connectivity index is 2.78. The van der Waals surface area contributed by atoms with Crippen LogP contribution in [0.5, 0.6) is 0 Å². The topological polar surface area (TPSA) is 38.0 Å². The van der Waals surface area contributed by atoms with Gasteiger partial charge in [-0.25, -0.2) is 0 Å². The molecule has 102 valence electrons. The number of nitrogens with two attached hydrogens (primary N) is 1. The number of benzene rings is 1. The second-order valence-corrected chi connectivity index (χ2v) is 4.79. The quantitative estimate of drug-likeness (QED) is 0.850. The summed E-state index contributed by atoms with van der Waals surface area (Å²) in [6, 6.07) is 5.19. The molecule has 1 aromatic carbocycles. The van der Waals surface area contributed by atoms with Crippen molar-refractivity contribution in [2.24, 2.45) is 11.7 Å². The minimum absolute atomic E-state index is 0.00603.